The molecule has 2 fully saturated rings. The Kier molecular flexibility index (Phi) is 6.50. The topological polar surface area (TPSA) is 80.7 Å². The molecule has 8 heteroatoms. The number of amides is 2. The van der Waals surface area contributed by atoms with E-state index in [-0.39, 0.29) is 17.7 Å². The van der Waals surface area contributed by atoms with Crippen molar-refractivity contribution < 1.29 is 14.3 Å². The van der Waals surface area contributed by atoms with Gasteiger partial charge in [0, 0.05) is 51.0 Å². The number of aryl methyl sites for hydroxylation is 1. The number of hydrogen-bond donors (Lipinski definition) is 2. The highest BCUT2D eigenvalue weighted by molar-refractivity contribution is 5.73. The van der Waals surface area contributed by atoms with Crippen molar-refractivity contribution in [2.45, 2.75) is 51.5 Å². The first-order chi connectivity index (χ1) is 12.6. The fourth-order valence-corrected chi connectivity index (χ4v) is 3.73. The summed E-state index contributed by atoms with van der Waals surface area (Å²) >= 11 is 0. The molecule has 2 saturated heterocycles. The van der Waals surface area contributed by atoms with E-state index in [4.69, 9.17) is 9.47 Å². The molecule has 0 aromatic carbocycles. The number of carbonyl (C=O) groups excluding carboxylic acids is 1. The van der Waals surface area contributed by atoms with E-state index in [1.165, 1.54) is 5.56 Å². The van der Waals surface area contributed by atoms with Crippen LogP contribution in [0.3, 0.4) is 0 Å². The molecule has 2 atom stereocenters. The van der Waals surface area contributed by atoms with Crippen LogP contribution in [0.1, 0.15) is 32.3 Å². The molecule has 3 rings (SSSR count). The molecule has 1 aromatic rings. The van der Waals surface area contributed by atoms with E-state index < -0.39 is 0 Å². The van der Waals surface area contributed by atoms with Crippen LogP contribution in [0.2, 0.25) is 0 Å². The van der Waals surface area contributed by atoms with Gasteiger partial charge in [-0.25, -0.2) is 4.79 Å². The van der Waals surface area contributed by atoms with Crippen LogP contribution in [0.4, 0.5) is 4.79 Å². The van der Waals surface area contributed by atoms with Crippen LogP contribution in [-0.4, -0.2) is 71.8 Å². The largest absolute Gasteiger partial charge is 0.377 e. The predicted molar refractivity (Wildman–Crippen MR) is 97.9 cm³/mol. The Morgan fingerprint density at radius 3 is 3.08 bits per heavy atom. The Hall–Kier alpha value is -1.64. The van der Waals surface area contributed by atoms with Crippen molar-refractivity contribution in [3.63, 3.8) is 0 Å². The zero-order valence-corrected chi connectivity index (χ0v) is 15.9. The number of ether oxygens (including phenoxy) is 2. The quantitative estimate of drug-likeness (QED) is 0.785. The van der Waals surface area contributed by atoms with E-state index in [1.807, 2.05) is 17.8 Å². The molecule has 26 heavy (non-hydrogen) atoms. The van der Waals surface area contributed by atoms with Crippen molar-refractivity contribution >= 4 is 6.03 Å². The second-order valence-electron chi connectivity index (χ2n) is 7.17. The molecular weight excluding hydrogens is 334 g/mol. The fourth-order valence-electron chi connectivity index (χ4n) is 3.73. The summed E-state index contributed by atoms with van der Waals surface area (Å²) in [6.45, 7) is 9.98. The summed E-state index contributed by atoms with van der Waals surface area (Å²) in [6, 6.07) is -0.135. The van der Waals surface area contributed by atoms with Crippen LogP contribution in [0, 0.1) is 0 Å². The zero-order valence-electron chi connectivity index (χ0n) is 15.9. The Morgan fingerprint density at radius 2 is 2.31 bits per heavy atom. The number of aromatic nitrogens is 2. The van der Waals surface area contributed by atoms with Crippen LogP contribution in [-0.2, 0) is 22.6 Å². The maximum absolute atomic E-state index is 11.6. The number of nitrogens with one attached hydrogen (secondary N) is 2. The number of rotatable bonds is 6. The van der Waals surface area contributed by atoms with Gasteiger partial charge in [-0.2, -0.15) is 5.10 Å². The van der Waals surface area contributed by atoms with Crippen LogP contribution < -0.4 is 10.6 Å². The second-order valence-corrected chi connectivity index (χ2v) is 7.17. The molecule has 2 amide bonds. The van der Waals surface area contributed by atoms with Gasteiger partial charge < -0.3 is 20.1 Å². The van der Waals surface area contributed by atoms with Crippen molar-refractivity contribution in [2.75, 3.05) is 39.4 Å². The summed E-state index contributed by atoms with van der Waals surface area (Å²) in [4.78, 5) is 14.0. The van der Waals surface area contributed by atoms with E-state index >= 15 is 0 Å². The van der Waals surface area contributed by atoms with Gasteiger partial charge >= 0.3 is 6.03 Å². The maximum atomic E-state index is 11.6. The Morgan fingerprint density at radius 1 is 1.42 bits per heavy atom. The van der Waals surface area contributed by atoms with E-state index in [0.29, 0.717) is 19.7 Å². The molecule has 0 bridgehead atoms. The Balaban J connectivity index is 1.54. The summed E-state index contributed by atoms with van der Waals surface area (Å²) < 4.78 is 14.2. The average molecular weight is 365 g/mol. The van der Waals surface area contributed by atoms with E-state index in [0.717, 1.165) is 45.6 Å². The van der Waals surface area contributed by atoms with Gasteiger partial charge in [0.25, 0.3) is 0 Å². The summed E-state index contributed by atoms with van der Waals surface area (Å²) in [5.41, 5.74) is 0.946. The average Bonchev–Trinajstić information content (AvgIpc) is 3.18. The van der Waals surface area contributed by atoms with Crippen molar-refractivity contribution in [3.8, 4) is 0 Å². The van der Waals surface area contributed by atoms with Crippen LogP contribution in [0.25, 0.3) is 0 Å². The third-order valence-corrected chi connectivity index (χ3v) is 5.01. The second kappa shape index (κ2) is 8.83. The molecule has 2 aliphatic heterocycles. The molecule has 3 heterocycles. The van der Waals surface area contributed by atoms with Gasteiger partial charge in [0.15, 0.2) is 0 Å². The molecule has 1 spiro atoms. The minimum Gasteiger partial charge on any atom is -0.377 e. The molecule has 1 aromatic heterocycles. The molecule has 0 radical (unpaired) electrons. The zero-order chi connectivity index (χ0) is 18.4. The number of carbonyl (C=O) groups is 1. The lowest BCUT2D eigenvalue weighted by molar-refractivity contribution is -0.0847. The van der Waals surface area contributed by atoms with Crippen molar-refractivity contribution in [2.24, 2.45) is 0 Å². The van der Waals surface area contributed by atoms with Crippen LogP contribution >= 0.6 is 0 Å². The van der Waals surface area contributed by atoms with Gasteiger partial charge in [0.2, 0.25) is 0 Å². The highest BCUT2D eigenvalue weighted by atomic mass is 16.6. The van der Waals surface area contributed by atoms with Gasteiger partial charge in [-0.15, -0.1) is 0 Å². The van der Waals surface area contributed by atoms with Gasteiger partial charge in [0.1, 0.15) is 5.60 Å². The third kappa shape index (κ3) is 4.96. The lowest BCUT2D eigenvalue weighted by Gasteiger charge is -2.31. The summed E-state index contributed by atoms with van der Waals surface area (Å²) in [5.74, 6) is 0. The lowest BCUT2D eigenvalue weighted by atomic mass is 10.00. The molecule has 146 valence electrons. The first kappa shape index (κ1) is 19.1. The van der Waals surface area contributed by atoms with Crippen molar-refractivity contribution in [3.05, 3.63) is 18.0 Å². The van der Waals surface area contributed by atoms with Crippen LogP contribution in [0.15, 0.2) is 12.4 Å². The molecule has 0 unspecified atom stereocenters. The molecular formula is C18H31N5O3. The van der Waals surface area contributed by atoms with E-state index in [9.17, 15) is 4.79 Å². The fraction of sp³-hybridized carbons (Fsp3) is 0.778. The van der Waals surface area contributed by atoms with Gasteiger partial charge in [-0.1, -0.05) is 0 Å². The molecule has 8 nitrogen and oxygen atoms in total. The number of nitrogens with zero attached hydrogens (tertiary/aromatic N) is 3. The summed E-state index contributed by atoms with van der Waals surface area (Å²) in [7, 11) is 0. The summed E-state index contributed by atoms with van der Waals surface area (Å²) in [6.07, 6.45) is 5.99. The summed E-state index contributed by atoms with van der Waals surface area (Å²) in [5, 5.41) is 9.99. The highest BCUT2D eigenvalue weighted by Crippen LogP contribution is 2.33. The smallest absolute Gasteiger partial charge is 0.314 e. The first-order valence-corrected chi connectivity index (χ1v) is 9.63. The van der Waals surface area contributed by atoms with E-state index in [1.54, 1.807) is 0 Å². The van der Waals surface area contributed by atoms with Crippen LogP contribution in [0.5, 0.6) is 0 Å². The third-order valence-electron chi connectivity index (χ3n) is 5.01. The van der Waals surface area contributed by atoms with E-state index in [2.05, 4.69) is 33.8 Å². The standard InChI is InChI=1S/C18H31N5O3/c1-3-19-17(24)20-10-16-5-6-18(26-16)13-22(7-8-25-14-18)11-15-9-21-23(4-2)12-15/h9,12,16H,3-8,10-11,13-14H2,1-2H3,(H2,19,20,24)/t16-,18+/m0/s1. The van der Waals surface area contributed by atoms with Gasteiger partial charge in [-0.05, 0) is 26.7 Å². The number of urea groups is 1. The molecule has 2 aliphatic rings. The lowest BCUT2D eigenvalue weighted by Crippen LogP contribution is -2.45. The molecule has 0 aliphatic carbocycles. The monoisotopic (exact) mass is 365 g/mol. The Labute approximate surface area is 155 Å². The number of hydrogen-bond acceptors (Lipinski definition) is 5. The molecule has 0 saturated carbocycles. The minimum absolute atomic E-state index is 0.0454. The molecule has 2 N–H and O–H groups in total. The van der Waals surface area contributed by atoms with Gasteiger partial charge in [-0.3, -0.25) is 9.58 Å². The van der Waals surface area contributed by atoms with Crippen molar-refractivity contribution in [1.29, 1.82) is 0 Å². The normalized spacial score (nSPS) is 26.8. The minimum atomic E-state index is -0.273. The highest BCUT2D eigenvalue weighted by Gasteiger charge is 2.43. The Bertz CT molecular complexity index is 593. The van der Waals surface area contributed by atoms with Crippen molar-refractivity contribution in [1.82, 2.24) is 25.3 Å². The predicted octanol–water partition coefficient (Wildman–Crippen LogP) is 0.972. The first-order valence-electron chi connectivity index (χ1n) is 9.63. The van der Waals surface area contributed by atoms with Gasteiger partial charge in [0.05, 0.1) is 25.5 Å². The maximum Gasteiger partial charge on any atom is 0.314 e. The SMILES string of the molecule is CCNC(=O)NC[C@@H]1CC[C@@]2(COCCN(Cc3cnn(CC)c3)C2)O1.